The maximum absolute atomic E-state index is 10.2. The Balaban J connectivity index is 1.80. The van der Waals surface area contributed by atoms with Gasteiger partial charge in [-0.3, -0.25) is 9.69 Å². The molecule has 1 saturated carbocycles. The normalized spacial score (nSPS) is 37.6. The van der Waals surface area contributed by atoms with Crippen molar-refractivity contribution in [3.05, 3.63) is 0 Å². The van der Waals surface area contributed by atoms with Gasteiger partial charge in [-0.2, -0.15) is 0 Å². The first kappa shape index (κ1) is 6.16. The molecule has 1 saturated heterocycles. The maximum Gasteiger partial charge on any atom is 0.317 e. The average Bonchev–Trinajstić information content (AvgIpc) is 2.39. The Morgan fingerprint density at radius 2 is 2.10 bits per heavy atom. The molecule has 1 aliphatic carbocycles. The Morgan fingerprint density at radius 3 is 2.60 bits per heavy atom. The van der Waals surface area contributed by atoms with E-state index in [0.29, 0.717) is 0 Å². The number of fused-ring (bicyclic) bond motifs is 1. The van der Waals surface area contributed by atoms with Gasteiger partial charge in [0.2, 0.25) is 0 Å². The molecule has 1 N–H and O–H groups in total. The van der Waals surface area contributed by atoms with Gasteiger partial charge in [0.05, 0.1) is 6.54 Å². The van der Waals surface area contributed by atoms with Gasteiger partial charge in [0.15, 0.2) is 0 Å². The van der Waals surface area contributed by atoms with Gasteiger partial charge in [-0.25, -0.2) is 0 Å². The number of rotatable bonds is 2. The molecule has 3 nitrogen and oxygen atoms in total. The predicted octanol–water partition coefficient (Wildman–Crippen LogP) is 0.0227. The van der Waals surface area contributed by atoms with E-state index in [1.54, 1.807) is 0 Å². The molecule has 1 heterocycles. The van der Waals surface area contributed by atoms with E-state index >= 15 is 0 Å². The zero-order valence-electron chi connectivity index (χ0n) is 5.79. The minimum absolute atomic E-state index is 0.243. The van der Waals surface area contributed by atoms with E-state index in [-0.39, 0.29) is 6.54 Å². The molecule has 0 amide bonds. The molecule has 56 valence electrons. The third-order valence-corrected chi connectivity index (χ3v) is 2.41. The van der Waals surface area contributed by atoms with Crippen molar-refractivity contribution < 1.29 is 9.90 Å². The molecule has 2 unspecified atom stereocenters. The lowest BCUT2D eigenvalue weighted by Gasteiger charge is -2.13. The smallest absolute Gasteiger partial charge is 0.317 e. The van der Waals surface area contributed by atoms with Crippen molar-refractivity contribution in [1.82, 2.24) is 4.90 Å². The zero-order valence-corrected chi connectivity index (χ0v) is 5.79. The lowest BCUT2D eigenvalue weighted by Crippen LogP contribution is -2.28. The molecule has 2 aliphatic rings. The number of nitrogens with zero attached hydrogens (tertiary/aromatic N) is 1. The number of aliphatic carboxylic acids is 1. The SMILES string of the molecule is O=C(O)CN1CC2CC2C1. The van der Waals surface area contributed by atoms with Crippen LogP contribution in [-0.2, 0) is 4.79 Å². The first-order valence-corrected chi connectivity index (χ1v) is 3.70. The largest absolute Gasteiger partial charge is 0.480 e. The van der Waals surface area contributed by atoms with Crippen molar-refractivity contribution in [1.29, 1.82) is 0 Å². The molecule has 2 atom stereocenters. The Bertz CT molecular complexity index is 159. The fraction of sp³-hybridized carbons (Fsp3) is 0.857. The van der Waals surface area contributed by atoms with Crippen LogP contribution in [0.3, 0.4) is 0 Å². The van der Waals surface area contributed by atoms with Crippen LogP contribution in [0.25, 0.3) is 0 Å². The Labute approximate surface area is 59.6 Å². The van der Waals surface area contributed by atoms with Gasteiger partial charge in [-0.05, 0) is 18.3 Å². The van der Waals surface area contributed by atoms with Crippen LogP contribution in [0.15, 0.2) is 0 Å². The summed E-state index contributed by atoms with van der Waals surface area (Å²) in [7, 11) is 0. The number of likely N-dealkylation sites (tertiary alicyclic amines) is 1. The summed E-state index contributed by atoms with van der Waals surface area (Å²) in [4.78, 5) is 12.3. The second-order valence-electron chi connectivity index (χ2n) is 3.34. The molecule has 2 rings (SSSR count). The van der Waals surface area contributed by atoms with E-state index in [4.69, 9.17) is 5.11 Å². The Morgan fingerprint density at radius 1 is 1.50 bits per heavy atom. The van der Waals surface area contributed by atoms with Crippen molar-refractivity contribution in [2.75, 3.05) is 19.6 Å². The summed E-state index contributed by atoms with van der Waals surface area (Å²) in [6, 6.07) is 0. The summed E-state index contributed by atoms with van der Waals surface area (Å²) < 4.78 is 0. The van der Waals surface area contributed by atoms with Crippen LogP contribution in [0, 0.1) is 11.8 Å². The Hall–Kier alpha value is -0.570. The Kier molecular flexibility index (Phi) is 1.20. The number of carbonyl (C=O) groups is 1. The molecular weight excluding hydrogens is 130 g/mol. The first-order chi connectivity index (χ1) is 4.75. The predicted molar refractivity (Wildman–Crippen MR) is 35.7 cm³/mol. The molecule has 0 spiro atoms. The highest BCUT2D eigenvalue weighted by molar-refractivity contribution is 5.69. The van der Waals surface area contributed by atoms with Gasteiger partial charge in [0.25, 0.3) is 0 Å². The van der Waals surface area contributed by atoms with E-state index in [9.17, 15) is 4.79 Å². The van der Waals surface area contributed by atoms with E-state index in [1.165, 1.54) is 6.42 Å². The van der Waals surface area contributed by atoms with Gasteiger partial charge in [-0.1, -0.05) is 0 Å². The number of piperidine rings is 1. The number of carboxylic acids is 1. The summed E-state index contributed by atoms with van der Waals surface area (Å²) in [6.45, 7) is 2.29. The van der Waals surface area contributed by atoms with Gasteiger partial charge < -0.3 is 5.11 Å². The van der Waals surface area contributed by atoms with Gasteiger partial charge in [0.1, 0.15) is 0 Å². The van der Waals surface area contributed by atoms with E-state index in [2.05, 4.69) is 0 Å². The van der Waals surface area contributed by atoms with Gasteiger partial charge >= 0.3 is 5.97 Å². The molecule has 2 fully saturated rings. The van der Waals surface area contributed by atoms with Gasteiger partial charge in [0, 0.05) is 13.1 Å². The molecule has 0 radical (unpaired) electrons. The van der Waals surface area contributed by atoms with E-state index in [1.807, 2.05) is 4.90 Å². The van der Waals surface area contributed by atoms with Gasteiger partial charge in [-0.15, -0.1) is 0 Å². The number of hydrogen-bond donors (Lipinski definition) is 1. The summed E-state index contributed by atoms with van der Waals surface area (Å²) in [5, 5.41) is 8.43. The van der Waals surface area contributed by atoms with Crippen LogP contribution in [-0.4, -0.2) is 35.6 Å². The van der Waals surface area contributed by atoms with Crippen molar-refractivity contribution in [2.24, 2.45) is 11.8 Å². The summed E-state index contributed by atoms with van der Waals surface area (Å²) in [6.07, 6.45) is 1.34. The molecule has 0 aromatic rings. The van der Waals surface area contributed by atoms with Crippen molar-refractivity contribution in [3.63, 3.8) is 0 Å². The quantitative estimate of drug-likeness (QED) is 0.589. The van der Waals surface area contributed by atoms with E-state index < -0.39 is 5.97 Å². The highest BCUT2D eigenvalue weighted by Gasteiger charge is 2.45. The minimum Gasteiger partial charge on any atom is -0.480 e. The summed E-state index contributed by atoms with van der Waals surface area (Å²) in [5.41, 5.74) is 0. The lowest BCUT2D eigenvalue weighted by molar-refractivity contribution is -0.138. The summed E-state index contributed by atoms with van der Waals surface area (Å²) in [5.74, 6) is 1.000. The number of carboxylic acid groups (broad SMARTS) is 1. The van der Waals surface area contributed by atoms with Crippen LogP contribution >= 0.6 is 0 Å². The van der Waals surface area contributed by atoms with Crippen LogP contribution in [0.4, 0.5) is 0 Å². The fourth-order valence-corrected chi connectivity index (χ4v) is 1.82. The molecule has 10 heavy (non-hydrogen) atoms. The first-order valence-electron chi connectivity index (χ1n) is 3.70. The minimum atomic E-state index is -0.693. The topological polar surface area (TPSA) is 40.5 Å². The van der Waals surface area contributed by atoms with Crippen LogP contribution in [0.1, 0.15) is 6.42 Å². The van der Waals surface area contributed by atoms with Crippen LogP contribution in [0.5, 0.6) is 0 Å². The van der Waals surface area contributed by atoms with Crippen LogP contribution < -0.4 is 0 Å². The van der Waals surface area contributed by atoms with Crippen molar-refractivity contribution >= 4 is 5.97 Å². The molecule has 3 heteroatoms. The average molecular weight is 141 g/mol. The highest BCUT2D eigenvalue weighted by atomic mass is 16.4. The molecule has 0 aromatic carbocycles. The zero-order chi connectivity index (χ0) is 7.14. The van der Waals surface area contributed by atoms with Crippen molar-refractivity contribution in [2.45, 2.75) is 6.42 Å². The lowest BCUT2D eigenvalue weighted by atomic mass is 10.4. The molecule has 0 bridgehead atoms. The van der Waals surface area contributed by atoms with Crippen LogP contribution in [0.2, 0.25) is 0 Å². The second kappa shape index (κ2) is 1.95. The highest BCUT2D eigenvalue weighted by Crippen LogP contribution is 2.44. The summed E-state index contributed by atoms with van der Waals surface area (Å²) >= 11 is 0. The standard InChI is InChI=1S/C7H11NO2/c9-7(10)4-8-2-5-1-6(5)3-8/h5-6H,1-4H2,(H,9,10). The molecule has 1 aliphatic heterocycles. The fourth-order valence-electron chi connectivity index (χ4n) is 1.82. The van der Waals surface area contributed by atoms with E-state index in [0.717, 1.165) is 24.9 Å². The van der Waals surface area contributed by atoms with Crippen molar-refractivity contribution in [3.8, 4) is 0 Å². The molecular formula is C7H11NO2. The second-order valence-corrected chi connectivity index (χ2v) is 3.34. The number of hydrogen-bond acceptors (Lipinski definition) is 2. The molecule has 0 aromatic heterocycles. The monoisotopic (exact) mass is 141 g/mol. The maximum atomic E-state index is 10.2. The third kappa shape index (κ3) is 1.01. The third-order valence-electron chi connectivity index (χ3n) is 2.41.